The molecule has 4 aliphatic rings. The third-order valence-corrected chi connectivity index (χ3v) is 9.24. The second kappa shape index (κ2) is 14.3. The van der Waals surface area contributed by atoms with Crippen molar-refractivity contribution in [2.45, 2.75) is 89.0 Å². The summed E-state index contributed by atoms with van der Waals surface area (Å²) in [4.78, 5) is 18.3. The van der Waals surface area contributed by atoms with Crippen LogP contribution in [0.25, 0.3) is 6.08 Å². The van der Waals surface area contributed by atoms with E-state index in [0.717, 1.165) is 56.0 Å². The molecule has 2 aromatic carbocycles. The number of nitrogens with zero attached hydrogens (tertiary/aromatic N) is 1. The van der Waals surface area contributed by atoms with E-state index in [-0.39, 0.29) is 49.1 Å². The molecule has 0 amide bonds. The number of ether oxygens (including phenoxy) is 1. The van der Waals surface area contributed by atoms with Gasteiger partial charge < -0.3 is 36.2 Å². The number of benzene rings is 2. The van der Waals surface area contributed by atoms with Crippen LogP contribution in [-0.4, -0.2) is 56.9 Å². The summed E-state index contributed by atoms with van der Waals surface area (Å²) >= 11 is 0. The zero-order valence-corrected chi connectivity index (χ0v) is 26.6. The summed E-state index contributed by atoms with van der Waals surface area (Å²) < 4.78 is 6.42. The van der Waals surface area contributed by atoms with Gasteiger partial charge in [0.2, 0.25) is 6.23 Å². The minimum Gasteiger partial charge on any atom is -0.504 e. The number of ketones is 1. The molecule has 6 atom stereocenters. The third kappa shape index (κ3) is 7.35. The first-order chi connectivity index (χ1) is 22.7. The van der Waals surface area contributed by atoms with Crippen LogP contribution >= 0.6 is 0 Å². The maximum absolute atomic E-state index is 12.6. The molecule has 0 saturated heterocycles. The second-order valence-corrected chi connectivity index (χ2v) is 12.7. The summed E-state index contributed by atoms with van der Waals surface area (Å²) in [5.74, 6) is 6.33. The highest BCUT2D eigenvalue weighted by Gasteiger charge is 2.36. The van der Waals surface area contributed by atoms with Crippen LogP contribution in [0.4, 0.5) is 0 Å². The van der Waals surface area contributed by atoms with E-state index in [1.165, 1.54) is 0 Å². The molecule has 47 heavy (non-hydrogen) atoms. The van der Waals surface area contributed by atoms with E-state index in [1.54, 1.807) is 18.2 Å². The summed E-state index contributed by atoms with van der Waals surface area (Å²) in [6, 6.07) is 8.88. The lowest BCUT2D eigenvalue weighted by atomic mass is 9.86. The van der Waals surface area contributed by atoms with Gasteiger partial charge in [-0.05, 0) is 77.1 Å². The van der Waals surface area contributed by atoms with Crippen LogP contribution in [-0.2, 0) is 17.6 Å². The fourth-order valence-corrected chi connectivity index (χ4v) is 6.74. The molecule has 246 valence electrons. The van der Waals surface area contributed by atoms with E-state index in [9.17, 15) is 25.2 Å². The number of aryl methyl sites for hydroxylation is 1. The molecule has 2 bridgehead atoms. The number of allylic oxidation sites excluding steroid dienone is 1. The first kappa shape index (κ1) is 32.7. The van der Waals surface area contributed by atoms with Gasteiger partial charge in [-0.15, -0.1) is 0 Å². The predicted octanol–water partition coefficient (Wildman–Crippen LogP) is 2.24. The Morgan fingerprint density at radius 1 is 1.21 bits per heavy atom. The number of aromatic hydroxyl groups is 1. The minimum absolute atomic E-state index is 0.00346. The van der Waals surface area contributed by atoms with Gasteiger partial charge in [0.15, 0.2) is 11.5 Å². The van der Waals surface area contributed by atoms with Crippen LogP contribution in [0.5, 0.6) is 11.5 Å². The summed E-state index contributed by atoms with van der Waals surface area (Å²) in [5.41, 5.74) is 13.8. The number of hydrogen-bond acceptors (Lipinski definition) is 9. The van der Waals surface area contributed by atoms with Crippen molar-refractivity contribution in [3.8, 4) is 23.3 Å². The Kier molecular flexibility index (Phi) is 9.92. The number of carbonyl (C=O) groups excluding carboxylic acids is 1. The Hall–Kier alpha value is -4.24. The lowest BCUT2D eigenvalue weighted by Gasteiger charge is -2.25. The quantitative estimate of drug-likeness (QED) is 0.184. The largest absolute Gasteiger partial charge is 0.504 e. The Morgan fingerprint density at radius 3 is 2.87 bits per heavy atom. The number of aliphatic hydroxyl groups excluding tert-OH is 3. The smallest absolute Gasteiger partial charge is 0.247 e. The summed E-state index contributed by atoms with van der Waals surface area (Å²) in [7, 11) is 0. The molecular weight excluding hydrogens is 596 g/mol. The fourth-order valence-electron chi connectivity index (χ4n) is 6.74. The van der Waals surface area contributed by atoms with Crippen molar-refractivity contribution >= 4 is 17.6 Å². The number of phenols is 1. The molecule has 0 radical (unpaired) electrons. The number of quaternary nitrogens is 1. The molecule has 8 N–H and O–H groups in total. The lowest BCUT2D eigenvalue weighted by molar-refractivity contribution is -0.882. The average molecular weight is 640 g/mol. The van der Waals surface area contributed by atoms with Crippen LogP contribution in [0, 0.1) is 11.8 Å². The summed E-state index contributed by atoms with van der Waals surface area (Å²) in [5, 5.41) is 45.3. The lowest BCUT2D eigenvalue weighted by Crippen LogP contribution is -3.12. The first-order valence-electron chi connectivity index (χ1n) is 16.4. The second-order valence-electron chi connectivity index (χ2n) is 12.7. The van der Waals surface area contributed by atoms with E-state index in [0.29, 0.717) is 25.8 Å². The Bertz CT molecular complexity index is 1720. The maximum Gasteiger partial charge on any atom is 0.247 e. The van der Waals surface area contributed by atoms with Crippen LogP contribution < -0.4 is 20.7 Å². The van der Waals surface area contributed by atoms with E-state index in [2.05, 4.69) is 23.4 Å². The fraction of sp³-hybridized carbons (Fsp3) is 0.405. The van der Waals surface area contributed by atoms with Gasteiger partial charge in [-0.1, -0.05) is 43.4 Å². The van der Waals surface area contributed by atoms with Gasteiger partial charge in [-0.2, -0.15) is 0 Å². The molecular formula is C37H43N4O6+. The topological polar surface area (TPSA) is 162 Å². The number of nitrogens with two attached hydrogens (primary N) is 1. The minimum atomic E-state index is -1.02. The molecule has 0 fully saturated rings. The van der Waals surface area contributed by atoms with Crippen LogP contribution in [0.3, 0.4) is 0 Å². The molecule has 6 unspecified atom stereocenters. The van der Waals surface area contributed by atoms with E-state index in [4.69, 9.17) is 15.5 Å². The van der Waals surface area contributed by atoms with E-state index < -0.39 is 24.5 Å². The molecule has 4 heterocycles. The van der Waals surface area contributed by atoms with Crippen molar-refractivity contribution in [1.82, 2.24) is 5.32 Å². The molecule has 6 rings (SSSR count). The number of phenolic OH excluding ortho intramolecular Hbond substituents is 1. The molecule has 0 saturated carbocycles. The zero-order valence-electron chi connectivity index (χ0n) is 26.6. The summed E-state index contributed by atoms with van der Waals surface area (Å²) in [6.45, 7) is 2.55. The highest BCUT2D eigenvalue weighted by molar-refractivity contribution is 6.08. The van der Waals surface area contributed by atoms with Crippen molar-refractivity contribution in [2.24, 2.45) is 10.7 Å². The number of rotatable bonds is 11. The van der Waals surface area contributed by atoms with Gasteiger partial charge >= 0.3 is 0 Å². The molecule has 2 aromatic rings. The van der Waals surface area contributed by atoms with Gasteiger partial charge in [-0.3, -0.25) is 14.7 Å². The molecule has 10 nitrogen and oxygen atoms in total. The van der Waals surface area contributed by atoms with Crippen LogP contribution in [0.2, 0.25) is 0 Å². The Balaban J connectivity index is 1.20. The van der Waals surface area contributed by atoms with E-state index in [1.807, 2.05) is 37.5 Å². The van der Waals surface area contributed by atoms with Gasteiger partial charge in [0, 0.05) is 25.5 Å². The normalized spacial score (nSPS) is 23.7. The van der Waals surface area contributed by atoms with E-state index >= 15 is 0 Å². The number of hydrogen-bond donors (Lipinski definition) is 7. The van der Waals surface area contributed by atoms with Gasteiger partial charge in [0.1, 0.15) is 42.9 Å². The maximum atomic E-state index is 12.6. The van der Waals surface area contributed by atoms with Gasteiger partial charge in [-0.25, -0.2) is 0 Å². The SMILES string of the molecule is CCCC(O)CC(O)CC(=O)CCc1ccc(O)c(OC2CC#CC(O)c3ccc4c(c3CC3=CN=C5C[NH+]2C=C35)C=CNC4N)c1. The molecule has 0 spiro atoms. The number of Topliss-reactive ketones (excluding diaryl/α,β-unsaturated/α-hetero) is 1. The molecule has 10 heteroatoms. The van der Waals surface area contributed by atoms with Crippen LogP contribution in [0.1, 0.15) is 85.5 Å². The monoisotopic (exact) mass is 639 g/mol. The zero-order chi connectivity index (χ0) is 33.1. The third-order valence-electron chi connectivity index (χ3n) is 9.24. The predicted molar refractivity (Wildman–Crippen MR) is 178 cm³/mol. The van der Waals surface area contributed by atoms with Crippen molar-refractivity contribution in [1.29, 1.82) is 0 Å². The number of aliphatic imine (C=N–C) groups is 1. The highest BCUT2D eigenvalue weighted by Crippen LogP contribution is 2.35. The molecule has 0 aliphatic carbocycles. The Labute approximate surface area is 275 Å². The number of aliphatic hydroxyl groups is 3. The highest BCUT2D eigenvalue weighted by atomic mass is 16.5. The van der Waals surface area contributed by atoms with Crippen molar-refractivity contribution < 1.29 is 34.9 Å². The Morgan fingerprint density at radius 2 is 2.04 bits per heavy atom. The summed E-state index contributed by atoms with van der Waals surface area (Å²) in [6.07, 6.45) is 7.58. The van der Waals surface area contributed by atoms with Gasteiger partial charge in [0.05, 0.1) is 17.8 Å². The average Bonchev–Trinajstić information content (AvgIpc) is 3.62. The number of fused-ring (bicyclic) bond motifs is 4. The number of carbonyl (C=O) groups is 1. The van der Waals surface area contributed by atoms with Crippen molar-refractivity contribution in [2.75, 3.05) is 6.54 Å². The van der Waals surface area contributed by atoms with Crippen molar-refractivity contribution in [3.05, 3.63) is 87.9 Å². The van der Waals surface area contributed by atoms with Crippen LogP contribution in [0.15, 0.2) is 65.1 Å². The molecule has 4 aliphatic heterocycles. The van der Waals surface area contributed by atoms with Gasteiger partial charge in [0.25, 0.3) is 0 Å². The number of nitrogens with one attached hydrogen (secondary N) is 2. The molecule has 0 aromatic heterocycles. The van der Waals surface area contributed by atoms with Crippen molar-refractivity contribution in [3.63, 3.8) is 0 Å². The standard InChI is InChI=1S/C37H42N4O6/c1-2-4-24(42)17-26(44)18-25(43)9-7-22-8-12-34(46)35(15-22)47-36-6-3-5-33(45)28-10-11-29-27(13-14-39-37(29)38)30(28)16-23-19-40-32-21-41(36)20-31(23)32/h8,10-15,19-20,24,26,33,36-37,39,42,44-46H,2,4,6-7,9,16-18,21,38H2,1H3/p+1. The first-order valence-corrected chi connectivity index (χ1v) is 16.4.